The number of sulfonamides is 1. The number of hydrogen-bond acceptors (Lipinski definition) is 3. The van der Waals surface area contributed by atoms with Gasteiger partial charge in [0.05, 0.1) is 17.9 Å². The fourth-order valence-corrected chi connectivity index (χ4v) is 4.00. The van der Waals surface area contributed by atoms with E-state index in [0.29, 0.717) is 0 Å². The van der Waals surface area contributed by atoms with Crippen LogP contribution in [0.1, 0.15) is 32.4 Å². The Hall–Kier alpha value is -0.910. The molecule has 0 spiro atoms. The molecule has 0 amide bonds. The van der Waals surface area contributed by atoms with Gasteiger partial charge in [-0.25, -0.2) is 8.42 Å². The van der Waals surface area contributed by atoms with Gasteiger partial charge in [-0.15, -0.1) is 0 Å². The molecule has 20 heavy (non-hydrogen) atoms. The van der Waals surface area contributed by atoms with Gasteiger partial charge in [0.1, 0.15) is 0 Å². The first kappa shape index (κ1) is 17.1. The van der Waals surface area contributed by atoms with Crippen LogP contribution >= 0.6 is 0 Å². The first-order valence-corrected chi connectivity index (χ1v) is 8.44. The highest BCUT2D eigenvalue weighted by Gasteiger charge is 2.30. The Balaban J connectivity index is 3.04. The van der Waals surface area contributed by atoms with Crippen molar-refractivity contribution in [3.8, 4) is 0 Å². The molecule has 0 bridgehead atoms. The molecular formula is C15H25NO3S. The van der Waals surface area contributed by atoms with Crippen LogP contribution in [0.15, 0.2) is 30.3 Å². The van der Waals surface area contributed by atoms with E-state index in [2.05, 4.69) is 0 Å². The van der Waals surface area contributed by atoms with Gasteiger partial charge in [-0.3, -0.25) is 0 Å². The summed E-state index contributed by atoms with van der Waals surface area (Å²) < 4.78 is 31.5. The standard InChI is InChI=1S/C15H25NO3S/c1-12(2)15(14-9-7-6-8-10-14)16(4)20(17,18)11-13(3)19-5/h6-10,12-13,15H,11H2,1-5H3/t13-,15-/m1/s1. The second-order valence-electron chi connectivity index (χ2n) is 5.44. The minimum Gasteiger partial charge on any atom is -0.381 e. The number of benzene rings is 1. The predicted octanol–water partition coefficient (Wildman–Crippen LogP) is 2.68. The van der Waals surface area contributed by atoms with Gasteiger partial charge < -0.3 is 4.74 Å². The predicted molar refractivity (Wildman–Crippen MR) is 82.0 cm³/mol. The van der Waals surface area contributed by atoms with Gasteiger partial charge in [-0.05, 0) is 18.4 Å². The van der Waals surface area contributed by atoms with E-state index >= 15 is 0 Å². The van der Waals surface area contributed by atoms with Crippen LogP contribution in [0.2, 0.25) is 0 Å². The van der Waals surface area contributed by atoms with Crippen molar-refractivity contribution in [2.45, 2.75) is 32.9 Å². The van der Waals surface area contributed by atoms with Crippen LogP contribution < -0.4 is 0 Å². The quantitative estimate of drug-likeness (QED) is 0.777. The number of methoxy groups -OCH3 is 1. The lowest BCUT2D eigenvalue weighted by Crippen LogP contribution is -2.38. The zero-order valence-corrected chi connectivity index (χ0v) is 13.7. The Bertz CT molecular complexity index is 499. The summed E-state index contributed by atoms with van der Waals surface area (Å²) >= 11 is 0. The second-order valence-corrected chi connectivity index (χ2v) is 7.51. The van der Waals surface area contributed by atoms with Gasteiger partial charge >= 0.3 is 0 Å². The maximum Gasteiger partial charge on any atom is 0.216 e. The van der Waals surface area contributed by atoms with Crippen molar-refractivity contribution < 1.29 is 13.2 Å². The third kappa shape index (κ3) is 4.30. The largest absolute Gasteiger partial charge is 0.381 e. The Morgan fingerprint density at radius 1 is 1.15 bits per heavy atom. The summed E-state index contributed by atoms with van der Waals surface area (Å²) in [6.07, 6.45) is -0.314. The molecule has 4 nitrogen and oxygen atoms in total. The smallest absolute Gasteiger partial charge is 0.216 e. The van der Waals surface area contributed by atoms with E-state index < -0.39 is 10.0 Å². The molecule has 0 unspecified atom stereocenters. The first-order valence-electron chi connectivity index (χ1n) is 6.83. The summed E-state index contributed by atoms with van der Waals surface area (Å²) in [6.45, 7) is 5.82. The van der Waals surface area contributed by atoms with Crippen molar-refractivity contribution in [1.29, 1.82) is 0 Å². The fourth-order valence-electron chi connectivity index (χ4n) is 2.32. The molecule has 1 aromatic carbocycles. The summed E-state index contributed by atoms with van der Waals surface area (Å²) in [7, 11) is -0.182. The van der Waals surface area contributed by atoms with Crippen LogP contribution in [0.5, 0.6) is 0 Å². The molecule has 0 saturated heterocycles. The van der Waals surface area contributed by atoms with Crippen LogP contribution in [0, 0.1) is 5.92 Å². The van der Waals surface area contributed by atoms with Crippen molar-refractivity contribution in [3.05, 3.63) is 35.9 Å². The van der Waals surface area contributed by atoms with E-state index in [-0.39, 0.29) is 23.8 Å². The summed E-state index contributed by atoms with van der Waals surface area (Å²) in [5.41, 5.74) is 1.01. The van der Waals surface area contributed by atoms with E-state index in [1.54, 1.807) is 14.0 Å². The second kappa shape index (κ2) is 7.20. The average molecular weight is 299 g/mol. The molecule has 0 aliphatic rings. The van der Waals surface area contributed by atoms with Gasteiger partial charge in [0.2, 0.25) is 10.0 Å². The molecule has 5 heteroatoms. The van der Waals surface area contributed by atoms with E-state index in [4.69, 9.17) is 4.74 Å². The SMILES string of the molecule is CO[C@H](C)CS(=O)(=O)N(C)[C@@H](c1ccccc1)C(C)C. The summed E-state index contributed by atoms with van der Waals surface area (Å²) in [5, 5.41) is 0. The van der Waals surface area contributed by atoms with E-state index in [9.17, 15) is 8.42 Å². The van der Waals surface area contributed by atoms with Gasteiger partial charge in [0.25, 0.3) is 0 Å². The Kier molecular flexibility index (Phi) is 6.17. The Labute approximate surface area is 122 Å². The molecule has 0 aliphatic carbocycles. The lowest BCUT2D eigenvalue weighted by Gasteiger charge is -2.31. The summed E-state index contributed by atoms with van der Waals surface area (Å²) in [6, 6.07) is 9.58. The molecule has 0 heterocycles. The average Bonchev–Trinajstić information content (AvgIpc) is 2.39. The first-order chi connectivity index (χ1) is 9.29. The number of rotatable bonds is 7. The zero-order valence-electron chi connectivity index (χ0n) is 12.9. The molecular weight excluding hydrogens is 274 g/mol. The maximum atomic E-state index is 12.5. The Morgan fingerprint density at radius 2 is 1.70 bits per heavy atom. The molecule has 1 aromatic rings. The topological polar surface area (TPSA) is 46.6 Å². The van der Waals surface area contributed by atoms with Gasteiger partial charge in [0, 0.05) is 14.2 Å². The van der Waals surface area contributed by atoms with Crippen molar-refractivity contribution in [2.75, 3.05) is 19.9 Å². The monoisotopic (exact) mass is 299 g/mol. The van der Waals surface area contributed by atoms with Crippen molar-refractivity contribution in [3.63, 3.8) is 0 Å². The van der Waals surface area contributed by atoms with Crippen LogP contribution in [0.4, 0.5) is 0 Å². The highest BCUT2D eigenvalue weighted by molar-refractivity contribution is 7.89. The van der Waals surface area contributed by atoms with Gasteiger partial charge in [0.15, 0.2) is 0 Å². The number of ether oxygens (including phenoxy) is 1. The minimum atomic E-state index is -3.36. The van der Waals surface area contributed by atoms with E-state index in [1.807, 2.05) is 44.2 Å². The molecule has 0 fully saturated rings. The maximum absolute atomic E-state index is 12.5. The molecule has 0 N–H and O–H groups in total. The van der Waals surface area contributed by atoms with E-state index in [1.165, 1.54) is 11.4 Å². The third-order valence-corrected chi connectivity index (χ3v) is 5.45. The molecule has 2 atom stereocenters. The van der Waals surface area contributed by atoms with E-state index in [0.717, 1.165) is 5.56 Å². The molecule has 0 aromatic heterocycles. The van der Waals surface area contributed by atoms with Crippen LogP contribution in [0.3, 0.4) is 0 Å². The Morgan fingerprint density at radius 3 is 2.15 bits per heavy atom. The molecule has 114 valence electrons. The van der Waals surface area contributed by atoms with Crippen LogP contribution in [-0.4, -0.2) is 38.7 Å². The van der Waals surface area contributed by atoms with Crippen molar-refractivity contribution >= 4 is 10.0 Å². The fraction of sp³-hybridized carbons (Fsp3) is 0.600. The normalized spacial score (nSPS) is 15.6. The van der Waals surface area contributed by atoms with Crippen LogP contribution in [-0.2, 0) is 14.8 Å². The number of hydrogen-bond donors (Lipinski definition) is 0. The van der Waals surface area contributed by atoms with Crippen molar-refractivity contribution in [2.24, 2.45) is 5.92 Å². The lowest BCUT2D eigenvalue weighted by atomic mass is 9.96. The van der Waals surface area contributed by atoms with Crippen molar-refractivity contribution in [1.82, 2.24) is 4.31 Å². The number of nitrogens with zero attached hydrogens (tertiary/aromatic N) is 1. The lowest BCUT2D eigenvalue weighted by molar-refractivity contribution is 0.134. The third-order valence-electron chi connectivity index (χ3n) is 3.45. The van der Waals surface area contributed by atoms with Crippen LogP contribution in [0.25, 0.3) is 0 Å². The van der Waals surface area contributed by atoms with Gasteiger partial charge in [-0.1, -0.05) is 44.2 Å². The molecule has 0 radical (unpaired) electrons. The summed E-state index contributed by atoms with van der Waals surface area (Å²) in [5.74, 6) is 0.186. The highest BCUT2D eigenvalue weighted by atomic mass is 32.2. The minimum absolute atomic E-state index is 0.00392. The molecule has 0 saturated carbocycles. The molecule has 1 rings (SSSR count). The summed E-state index contributed by atoms with van der Waals surface area (Å²) in [4.78, 5) is 0. The zero-order chi connectivity index (χ0) is 15.3. The highest BCUT2D eigenvalue weighted by Crippen LogP contribution is 2.29. The molecule has 0 aliphatic heterocycles. The van der Waals surface area contributed by atoms with Gasteiger partial charge in [-0.2, -0.15) is 4.31 Å².